The zero-order chi connectivity index (χ0) is 26.5. The molecule has 0 aliphatic rings. The molecule has 0 saturated carbocycles. The molecule has 4 unspecified atom stereocenters. The maximum absolute atomic E-state index is 13.2. The second-order valence-electron chi connectivity index (χ2n) is 8.37. The maximum Gasteiger partial charge on any atom is 0.326 e. The summed E-state index contributed by atoms with van der Waals surface area (Å²) in [6.07, 6.45) is 1.49. The van der Waals surface area contributed by atoms with E-state index in [2.05, 4.69) is 16.0 Å². The standard InChI is InChI=1S/C23H34N4O7S/c1-13(2)19(22(32)25-16(23(33)34)9-10-35-3)27-21(31)17(11-14-7-5-4-6-8-14)26-20(30)15(24)12-18(28)29/h4-8,13,15-17,19H,9-12,24H2,1-3H3,(H,25,32)(H,26,30)(H,27,31)(H,28,29)(H,33,34). The fourth-order valence-electron chi connectivity index (χ4n) is 3.16. The Morgan fingerprint density at radius 3 is 2.03 bits per heavy atom. The number of nitrogens with two attached hydrogens (primary N) is 1. The smallest absolute Gasteiger partial charge is 0.326 e. The van der Waals surface area contributed by atoms with Gasteiger partial charge in [-0.05, 0) is 29.9 Å². The van der Waals surface area contributed by atoms with E-state index < -0.39 is 66.2 Å². The van der Waals surface area contributed by atoms with Gasteiger partial charge in [-0.25, -0.2) is 4.79 Å². The van der Waals surface area contributed by atoms with Gasteiger partial charge in [0.05, 0.1) is 12.5 Å². The predicted molar refractivity (Wildman–Crippen MR) is 132 cm³/mol. The first-order valence-corrected chi connectivity index (χ1v) is 12.5. The van der Waals surface area contributed by atoms with Crippen LogP contribution in [-0.4, -0.2) is 76.0 Å². The second kappa shape index (κ2) is 15.0. The Morgan fingerprint density at radius 2 is 1.51 bits per heavy atom. The molecule has 0 heterocycles. The number of amides is 3. The van der Waals surface area contributed by atoms with Crippen LogP contribution in [0.3, 0.4) is 0 Å². The van der Waals surface area contributed by atoms with Gasteiger partial charge < -0.3 is 31.9 Å². The summed E-state index contributed by atoms with van der Waals surface area (Å²) in [7, 11) is 0. The lowest BCUT2D eigenvalue weighted by molar-refractivity contribution is -0.142. The van der Waals surface area contributed by atoms with Crippen molar-refractivity contribution in [2.75, 3.05) is 12.0 Å². The zero-order valence-corrected chi connectivity index (χ0v) is 20.8. The molecule has 1 aromatic carbocycles. The van der Waals surface area contributed by atoms with Gasteiger partial charge in [0.2, 0.25) is 17.7 Å². The van der Waals surface area contributed by atoms with E-state index >= 15 is 0 Å². The molecule has 194 valence electrons. The minimum atomic E-state index is -1.37. The Hall–Kier alpha value is -3.12. The number of hydrogen-bond donors (Lipinski definition) is 6. The lowest BCUT2D eigenvalue weighted by atomic mass is 10.00. The van der Waals surface area contributed by atoms with Crippen LogP contribution in [0.25, 0.3) is 0 Å². The van der Waals surface area contributed by atoms with Crippen LogP contribution in [-0.2, 0) is 30.4 Å². The lowest BCUT2D eigenvalue weighted by Crippen LogP contribution is -2.59. The van der Waals surface area contributed by atoms with E-state index in [9.17, 15) is 29.1 Å². The van der Waals surface area contributed by atoms with E-state index in [0.717, 1.165) is 0 Å². The fourth-order valence-corrected chi connectivity index (χ4v) is 3.63. The summed E-state index contributed by atoms with van der Waals surface area (Å²) < 4.78 is 0. The third-order valence-corrected chi connectivity index (χ3v) is 5.76. The first-order valence-electron chi connectivity index (χ1n) is 11.1. The van der Waals surface area contributed by atoms with Crippen molar-refractivity contribution in [2.45, 2.75) is 57.3 Å². The molecule has 4 atom stereocenters. The third kappa shape index (κ3) is 10.8. The molecule has 1 rings (SSSR count). The lowest BCUT2D eigenvalue weighted by Gasteiger charge is -2.27. The van der Waals surface area contributed by atoms with Gasteiger partial charge in [-0.1, -0.05) is 44.2 Å². The summed E-state index contributed by atoms with van der Waals surface area (Å²) in [5.41, 5.74) is 6.35. The minimum absolute atomic E-state index is 0.0656. The minimum Gasteiger partial charge on any atom is -0.481 e. The number of benzene rings is 1. The number of rotatable bonds is 15. The molecule has 0 aliphatic heterocycles. The normalized spacial score (nSPS) is 14.3. The van der Waals surface area contributed by atoms with Gasteiger partial charge in [0.25, 0.3) is 0 Å². The summed E-state index contributed by atoms with van der Waals surface area (Å²) >= 11 is 1.44. The highest BCUT2D eigenvalue weighted by molar-refractivity contribution is 7.98. The van der Waals surface area contributed by atoms with Gasteiger partial charge >= 0.3 is 11.9 Å². The number of aliphatic carboxylic acids is 2. The van der Waals surface area contributed by atoms with Crippen molar-refractivity contribution in [1.29, 1.82) is 0 Å². The largest absolute Gasteiger partial charge is 0.481 e. The first-order chi connectivity index (χ1) is 16.5. The van der Waals surface area contributed by atoms with Gasteiger partial charge in [-0.3, -0.25) is 19.2 Å². The molecular weight excluding hydrogens is 476 g/mol. The molecule has 12 heteroatoms. The first kappa shape index (κ1) is 29.9. The van der Waals surface area contributed by atoms with Gasteiger partial charge in [-0.2, -0.15) is 11.8 Å². The van der Waals surface area contributed by atoms with Crippen LogP contribution in [0, 0.1) is 5.92 Å². The highest BCUT2D eigenvalue weighted by Crippen LogP contribution is 2.09. The van der Waals surface area contributed by atoms with Crippen LogP contribution >= 0.6 is 11.8 Å². The molecule has 35 heavy (non-hydrogen) atoms. The number of carbonyl (C=O) groups is 5. The molecule has 0 aromatic heterocycles. The molecule has 0 spiro atoms. The van der Waals surface area contributed by atoms with Crippen molar-refractivity contribution in [3.8, 4) is 0 Å². The highest BCUT2D eigenvalue weighted by atomic mass is 32.2. The molecule has 0 radical (unpaired) electrons. The molecule has 3 amide bonds. The summed E-state index contributed by atoms with van der Waals surface area (Å²) in [6, 6.07) is 4.11. The highest BCUT2D eigenvalue weighted by Gasteiger charge is 2.32. The van der Waals surface area contributed by atoms with Crippen molar-refractivity contribution in [1.82, 2.24) is 16.0 Å². The van der Waals surface area contributed by atoms with Crippen LogP contribution in [0.1, 0.15) is 32.3 Å². The van der Waals surface area contributed by atoms with E-state index in [1.54, 1.807) is 44.2 Å². The van der Waals surface area contributed by atoms with Crippen molar-refractivity contribution >= 4 is 41.4 Å². The van der Waals surface area contributed by atoms with Crippen LogP contribution in [0.15, 0.2) is 30.3 Å². The van der Waals surface area contributed by atoms with Crippen LogP contribution in [0.2, 0.25) is 0 Å². The van der Waals surface area contributed by atoms with Gasteiger partial charge in [0.1, 0.15) is 18.1 Å². The summed E-state index contributed by atoms with van der Waals surface area (Å²) in [5.74, 6) is -4.47. The Bertz CT molecular complexity index is 882. The predicted octanol–water partition coefficient (Wildman–Crippen LogP) is -0.0208. The van der Waals surface area contributed by atoms with Crippen LogP contribution in [0.4, 0.5) is 0 Å². The van der Waals surface area contributed by atoms with Crippen molar-refractivity contribution < 1.29 is 34.2 Å². The van der Waals surface area contributed by atoms with E-state index in [1.807, 2.05) is 6.26 Å². The Balaban J connectivity index is 3.05. The second-order valence-corrected chi connectivity index (χ2v) is 9.35. The molecular formula is C23H34N4O7S. The van der Waals surface area contributed by atoms with Gasteiger partial charge in [0.15, 0.2) is 0 Å². The molecule has 0 saturated heterocycles. The average Bonchev–Trinajstić information content (AvgIpc) is 2.79. The summed E-state index contributed by atoms with van der Waals surface area (Å²) in [5, 5.41) is 25.8. The van der Waals surface area contributed by atoms with Crippen LogP contribution in [0.5, 0.6) is 0 Å². The number of thioether (sulfide) groups is 1. The van der Waals surface area contributed by atoms with E-state index in [1.165, 1.54) is 11.8 Å². The van der Waals surface area contributed by atoms with E-state index in [4.69, 9.17) is 10.8 Å². The molecule has 11 nitrogen and oxygen atoms in total. The number of nitrogens with one attached hydrogen (secondary N) is 3. The van der Waals surface area contributed by atoms with Crippen LogP contribution < -0.4 is 21.7 Å². The average molecular weight is 511 g/mol. The quantitative estimate of drug-likeness (QED) is 0.188. The number of carboxylic acids is 2. The van der Waals surface area contributed by atoms with E-state index in [-0.39, 0.29) is 12.8 Å². The monoisotopic (exact) mass is 510 g/mol. The van der Waals surface area contributed by atoms with Crippen molar-refractivity contribution in [3.63, 3.8) is 0 Å². The van der Waals surface area contributed by atoms with Gasteiger partial charge in [0, 0.05) is 6.42 Å². The number of carbonyl (C=O) groups excluding carboxylic acids is 3. The van der Waals surface area contributed by atoms with Gasteiger partial charge in [-0.15, -0.1) is 0 Å². The number of hydrogen-bond acceptors (Lipinski definition) is 7. The SMILES string of the molecule is CSCCC(NC(=O)C(NC(=O)C(Cc1ccccc1)NC(=O)C(N)CC(=O)O)C(C)C)C(=O)O. The summed E-state index contributed by atoms with van der Waals surface area (Å²) in [6.45, 7) is 3.38. The maximum atomic E-state index is 13.2. The Labute approximate surface area is 208 Å². The summed E-state index contributed by atoms with van der Waals surface area (Å²) in [4.78, 5) is 60.9. The molecule has 0 bridgehead atoms. The Morgan fingerprint density at radius 1 is 0.914 bits per heavy atom. The molecule has 1 aromatic rings. The van der Waals surface area contributed by atoms with Crippen molar-refractivity contribution in [2.24, 2.45) is 11.7 Å². The molecule has 0 fully saturated rings. The van der Waals surface area contributed by atoms with E-state index in [0.29, 0.717) is 11.3 Å². The van der Waals surface area contributed by atoms with Crippen molar-refractivity contribution in [3.05, 3.63) is 35.9 Å². The molecule has 7 N–H and O–H groups in total. The molecule has 0 aliphatic carbocycles. The topological polar surface area (TPSA) is 188 Å². The fraction of sp³-hybridized carbons (Fsp3) is 0.522. The Kier molecular flexibility index (Phi) is 12.8. The number of carboxylic acid groups (broad SMARTS) is 2. The third-order valence-electron chi connectivity index (χ3n) is 5.12. The zero-order valence-electron chi connectivity index (χ0n) is 20.0.